The van der Waals surface area contributed by atoms with E-state index in [-0.39, 0.29) is 0 Å². The quantitative estimate of drug-likeness (QED) is 0.199. The molecule has 0 unspecified atom stereocenters. The van der Waals surface area contributed by atoms with E-state index in [0.29, 0.717) is 0 Å². The molecule has 0 saturated carbocycles. The zero-order valence-corrected chi connectivity index (χ0v) is 13.8. The Morgan fingerprint density at radius 2 is 1.17 bits per heavy atom. The third-order valence-corrected chi connectivity index (χ3v) is 3.67. The van der Waals surface area contributed by atoms with Gasteiger partial charge in [-0.15, -0.1) is 0 Å². The molecule has 0 fully saturated rings. The van der Waals surface area contributed by atoms with Gasteiger partial charge >= 0.3 is 0 Å². The summed E-state index contributed by atoms with van der Waals surface area (Å²) in [5.74, 6) is 0. The van der Waals surface area contributed by atoms with Gasteiger partial charge in [0.25, 0.3) is 0 Å². The van der Waals surface area contributed by atoms with Crippen LogP contribution < -0.4 is 0 Å². The highest BCUT2D eigenvalue weighted by molar-refractivity contribution is 9.09. The van der Waals surface area contributed by atoms with Crippen molar-refractivity contribution in [1.82, 2.24) is 0 Å². The molecule has 0 aliphatic heterocycles. The monoisotopic (exact) mass is 314 g/mol. The molecule has 0 nitrogen and oxygen atoms in total. The molecule has 0 saturated heterocycles. The van der Waals surface area contributed by atoms with E-state index in [9.17, 15) is 0 Å². The zero-order valence-electron chi connectivity index (χ0n) is 12.2. The van der Waals surface area contributed by atoms with Gasteiger partial charge in [-0.3, -0.25) is 0 Å². The average Bonchev–Trinajstić information content (AvgIpc) is 2.39. The minimum Gasteiger partial charge on any atom is -0.0928 e. The number of alkyl halides is 1. The number of halogens is 1. The van der Waals surface area contributed by atoms with Crippen LogP contribution >= 0.6 is 15.9 Å². The van der Waals surface area contributed by atoms with Crippen molar-refractivity contribution in [2.75, 3.05) is 5.33 Å². The van der Waals surface area contributed by atoms with E-state index in [4.69, 9.17) is 0 Å². The van der Waals surface area contributed by atoms with E-state index < -0.39 is 0 Å². The van der Waals surface area contributed by atoms with E-state index >= 15 is 0 Å². The maximum atomic E-state index is 3.47. The first-order valence-electron chi connectivity index (χ1n) is 7.79. The summed E-state index contributed by atoms with van der Waals surface area (Å²) in [6.07, 6.45) is 23.9. The molecule has 0 heterocycles. The molecular weight excluding hydrogens is 284 g/mol. The summed E-state index contributed by atoms with van der Waals surface area (Å²) >= 11 is 3.47. The number of hydrogen-bond donors (Lipinski definition) is 0. The van der Waals surface area contributed by atoms with E-state index in [1.807, 2.05) is 0 Å². The molecule has 0 aliphatic carbocycles. The van der Waals surface area contributed by atoms with Gasteiger partial charge in [0.15, 0.2) is 0 Å². The Kier molecular flexibility index (Phi) is 16.9. The van der Waals surface area contributed by atoms with Crippen LogP contribution in [-0.4, -0.2) is 5.33 Å². The van der Waals surface area contributed by atoms with Crippen molar-refractivity contribution in [1.29, 1.82) is 0 Å². The molecule has 0 aromatic rings. The van der Waals surface area contributed by atoms with Crippen LogP contribution in [0.3, 0.4) is 0 Å². The van der Waals surface area contributed by atoms with Gasteiger partial charge < -0.3 is 0 Å². The highest BCUT2D eigenvalue weighted by Gasteiger charge is 1.89. The summed E-state index contributed by atoms with van der Waals surface area (Å²) in [7, 11) is 0. The van der Waals surface area contributed by atoms with Gasteiger partial charge in [-0.05, 0) is 32.1 Å². The first kappa shape index (κ1) is 18.0. The molecule has 0 atom stereocenters. The predicted octanol–water partition coefficient (Wildman–Crippen LogP) is 6.80. The normalized spacial score (nSPS) is 11.9. The first-order chi connectivity index (χ1) is 8.91. The molecule has 0 spiro atoms. The lowest BCUT2D eigenvalue weighted by Crippen LogP contribution is -1.79. The van der Waals surface area contributed by atoms with Crippen LogP contribution in [0.2, 0.25) is 0 Å². The van der Waals surface area contributed by atoms with Crippen molar-refractivity contribution in [3.8, 4) is 0 Å². The van der Waals surface area contributed by atoms with Crippen LogP contribution in [-0.2, 0) is 0 Å². The highest BCUT2D eigenvalue weighted by Crippen LogP contribution is 2.08. The van der Waals surface area contributed by atoms with Crippen molar-refractivity contribution in [3.05, 3.63) is 24.3 Å². The van der Waals surface area contributed by atoms with Gasteiger partial charge in [-0.1, -0.05) is 85.7 Å². The van der Waals surface area contributed by atoms with Gasteiger partial charge in [0, 0.05) is 5.33 Å². The minimum atomic E-state index is 1.17. The molecule has 0 aliphatic rings. The summed E-state index contributed by atoms with van der Waals surface area (Å²) in [5.41, 5.74) is 0. The second-order valence-electron chi connectivity index (χ2n) is 4.95. The molecule has 1 heteroatoms. The lowest BCUT2D eigenvalue weighted by Gasteiger charge is -1.98. The van der Waals surface area contributed by atoms with Gasteiger partial charge in [0.2, 0.25) is 0 Å². The Hall–Kier alpha value is -0.0400. The lowest BCUT2D eigenvalue weighted by molar-refractivity contribution is 0.614. The lowest BCUT2D eigenvalue weighted by atomic mass is 10.1. The van der Waals surface area contributed by atoms with Gasteiger partial charge in [-0.25, -0.2) is 0 Å². The van der Waals surface area contributed by atoms with Crippen LogP contribution in [0.5, 0.6) is 0 Å². The fourth-order valence-corrected chi connectivity index (χ4v) is 2.32. The second-order valence-corrected chi connectivity index (χ2v) is 5.74. The van der Waals surface area contributed by atoms with Gasteiger partial charge in [0.1, 0.15) is 0 Å². The fraction of sp³-hybridized carbons (Fsp3) is 0.765. The Labute approximate surface area is 123 Å². The molecule has 0 bridgehead atoms. The number of allylic oxidation sites excluding steroid dienone is 4. The van der Waals surface area contributed by atoms with Crippen LogP contribution in [0.15, 0.2) is 24.3 Å². The molecule has 0 radical (unpaired) electrons. The van der Waals surface area contributed by atoms with Crippen molar-refractivity contribution in [3.63, 3.8) is 0 Å². The van der Waals surface area contributed by atoms with Crippen molar-refractivity contribution in [2.45, 2.75) is 77.6 Å². The molecule has 0 rings (SSSR count). The second kappa shape index (κ2) is 17.0. The highest BCUT2D eigenvalue weighted by atomic mass is 79.9. The summed E-state index contributed by atoms with van der Waals surface area (Å²) in [6.45, 7) is 2.25. The topological polar surface area (TPSA) is 0 Å². The SMILES string of the molecule is CCCCC/C=C\C=C\CCCCCCCCBr. The van der Waals surface area contributed by atoms with Crippen LogP contribution in [0.4, 0.5) is 0 Å². The van der Waals surface area contributed by atoms with Crippen molar-refractivity contribution < 1.29 is 0 Å². The van der Waals surface area contributed by atoms with Gasteiger partial charge in [0.05, 0.1) is 0 Å². The number of unbranched alkanes of at least 4 members (excludes halogenated alkanes) is 9. The third-order valence-electron chi connectivity index (χ3n) is 3.11. The molecule has 0 aromatic carbocycles. The Morgan fingerprint density at radius 1 is 0.667 bits per heavy atom. The molecular formula is C17H31Br. The Balaban J connectivity index is 3.13. The standard InChI is InChI=1S/C17H31Br/c1-2-3-4-5-6-7-8-9-10-11-12-13-14-15-16-17-18/h6-9H,2-5,10-17H2,1H3/b7-6-,9-8+. The summed E-state index contributed by atoms with van der Waals surface area (Å²) < 4.78 is 0. The summed E-state index contributed by atoms with van der Waals surface area (Å²) in [6, 6.07) is 0. The molecule has 18 heavy (non-hydrogen) atoms. The van der Waals surface area contributed by atoms with Crippen molar-refractivity contribution in [2.24, 2.45) is 0 Å². The van der Waals surface area contributed by atoms with Crippen LogP contribution in [0.1, 0.15) is 77.6 Å². The molecule has 0 N–H and O–H groups in total. The maximum Gasteiger partial charge on any atom is 0.00313 e. The van der Waals surface area contributed by atoms with Crippen LogP contribution in [0, 0.1) is 0 Å². The Bertz CT molecular complexity index is 194. The predicted molar refractivity (Wildman–Crippen MR) is 88.5 cm³/mol. The van der Waals surface area contributed by atoms with E-state index in [1.54, 1.807) is 0 Å². The van der Waals surface area contributed by atoms with Crippen LogP contribution in [0.25, 0.3) is 0 Å². The smallest absolute Gasteiger partial charge is 0.00313 e. The average molecular weight is 315 g/mol. The van der Waals surface area contributed by atoms with Crippen molar-refractivity contribution >= 4 is 15.9 Å². The number of hydrogen-bond acceptors (Lipinski definition) is 0. The molecule has 0 amide bonds. The maximum absolute atomic E-state index is 3.47. The Morgan fingerprint density at radius 3 is 1.72 bits per heavy atom. The largest absolute Gasteiger partial charge is 0.0928 e. The number of rotatable bonds is 13. The fourth-order valence-electron chi connectivity index (χ4n) is 1.93. The third kappa shape index (κ3) is 16.0. The van der Waals surface area contributed by atoms with E-state index in [0.717, 1.165) is 0 Å². The van der Waals surface area contributed by atoms with Gasteiger partial charge in [-0.2, -0.15) is 0 Å². The molecule has 0 aromatic heterocycles. The first-order valence-corrected chi connectivity index (χ1v) is 8.91. The molecule has 106 valence electrons. The van der Waals surface area contributed by atoms with E-state index in [2.05, 4.69) is 47.2 Å². The zero-order chi connectivity index (χ0) is 13.3. The summed E-state index contributed by atoms with van der Waals surface area (Å²) in [4.78, 5) is 0. The summed E-state index contributed by atoms with van der Waals surface area (Å²) in [5, 5.41) is 1.17. The van der Waals surface area contributed by atoms with E-state index in [1.165, 1.54) is 76.0 Å². The minimum absolute atomic E-state index is 1.17.